The number of phenols is 3. The summed E-state index contributed by atoms with van der Waals surface area (Å²) in [6.07, 6.45) is 3.21. The second kappa shape index (κ2) is 6.53. The molecule has 0 saturated carbocycles. The minimum absolute atomic E-state index is 0. The Labute approximate surface area is 133 Å². The van der Waals surface area contributed by atoms with Crippen molar-refractivity contribution in [1.82, 2.24) is 4.57 Å². The summed E-state index contributed by atoms with van der Waals surface area (Å²) < 4.78 is 3.00. The molecule has 1 aromatic carbocycles. The number of benzene rings is 1. The van der Waals surface area contributed by atoms with Crippen LogP contribution in [0.25, 0.3) is 12.2 Å². The third-order valence-corrected chi connectivity index (χ3v) is 3.44. The van der Waals surface area contributed by atoms with Gasteiger partial charge in [-0.3, -0.25) is 0 Å². The predicted octanol–water partition coefficient (Wildman–Crippen LogP) is -2.19. The number of rotatable bonds is 2. The van der Waals surface area contributed by atoms with Crippen LogP contribution >= 0.6 is 0 Å². The third-order valence-electron chi connectivity index (χ3n) is 3.44. The molecule has 0 unspecified atom stereocenters. The number of hydrogen-bond acceptors (Lipinski definition) is 4. The Kier molecular flexibility index (Phi) is 5.22. The Morgan fingerprint density at radius 2 is 1.77 bits per heavy atom. The molecule has 3 N–H and O–H groups in total. The molecule has 0 aliphatic carbocycles. The standard InChI is InChI=1S/C15H16N2O4.ClH/c1-9-8-11(17(3)15(21)16(9)2)6-4-10-5-7-12(18)14(20)13(10)19;/h4-8H,1-3H3,(H2,18,19,20);1H. The van der Waals surface area contributed by atoms with Crippen molar-refractivity contribution in [1.29, 1.82) is 0 Å². The van der Waals surface area contributed by atoms with Crippen LogP contribution < -0.4 is 22.7 Å². The molecule has 0 fully saturated rings. The smallest absolute Gasteiger partial charge is 0.498 e. The maximum absolute atomic E-state index is 12.0. The molecule has 0 radical (unpaired) electrons. The quantitative estimate of drug-likeness (QED) is 0.433. The van der Waals surface area contributed by atoms with Crippen LogP contribution in [-0.4, -0.2) is 19.9 Å². The first kappa shape index (κ1) is 17.6. The predicted molar refractivity (Wildman–Crippen MR) is 78.0 cm³/mol. The second-order valence-electron chi connectivity index (χ2n) is 4.82. The monoisotopic (exact) mass is 324 g/mol. The van der Waals surface area contributed by atoms with E-state index in [1.165, 1.54) is 21.3 Å². The van der Waals surface area contributed by atoms with Gasteiger partial charge in [0.1, 0.15) is 11.4 Å². The molecule has 1 aromatic heterocycles. The van der Waals surface area contributed by atoms with Crippen LogP contribution in [0.3, 0.4) is 0 Å². The zero-order valence-corrected chi connectivity index (χ0v) is 13.2. The molecule has 0 aliphatic heterocycles. The minimum atomic E-state index is -0.568. The summed E-state index contributed by atoms with van der Waals surface area (Å²) in [5, 5.41) is 28.5. The molecule has 0 amide bonds. The van der Waals surface area contributed by atoms with Crippen LogP contribution in [0.1, 0.15) is 17.0 Å². The van der Waals surface area contributed by atoms with Crippen molar-refractivity contribution in [3.8, 4) is 17.2 Å². The van der Waals surface area contributed by atoms with E-state index in [0.29, 0.717) is 11.3 Å². The van der Waals surface area contributed by atoms with Gasteiger partial charge in [0.15, 0.2) is 11.5 Å². The van der Waals surface area contributed by atoms with Gasteiger partial charge < -0.3 is 27.7 Å². The van der Waals surface area contributed by atoms with Crippen LogP contribution in [0.5, 0.6) is 17.2 Å². The van der Waals surface area contributed by atoms with Crippen molar-refractivity contribution in [2.75, 3.05) is 0 Å². The van der Waals surface area contributed by atoms with Gasteiger partial charge in [-0.15, -0.1) is 0 Å². The highest BCUT2D eigenvalue weighted by Crippen LogP contribution is 2.37. The molecule has 6 nitrogen and oxygen atoms in total. The summed E-state index contributed by atoms with van der Waals surface area (Å²) in [5.74, 6) is -1.37. The van der Waals surface area contributed by atoms with Gasteiger partial charge in [-0.05, 0) is 31.2 Å². The van der Waals surface area contributed by atoms with Crippen molar-refractivity contribution < 1.29 is 32.3 Å². The van der Waals surface area contributed by atoms with Crippen molar-refractivity contribution in [2.45, 2.75) is 6.92 Å². The molecule has 0 bridgehead atoms. The van der Waals surface area contributed by atoms with Crippen molar-refractivity contribution >= 4 is 12.2 Å². The lowest BCUT2D eigenvalue weighted by Crippen LogP contribution is -3.00. The third kappa shape index (κ3) is 3.07. The van der Waals surface area contributed by atoms with E-state index in [-0.39, 0.29) is 23.8 Å². The Hall–Kier alpha value is -2.47. The average molecular weight is 325 g/mol. The largest absolute Gasteiger partial charge is 1.00 e. The molecular formula is C15H17ClN2O4. The molecule has 0 spiro atoms. The van der Waals surface area contributed by atoms with Crippen LogP contribution in [-0.2, 0) is 14.1 Å². The van der Waals surface area contributed by atoms with Crippen LogP contribution in [0.2, 0.25) is 0 Å². The van der Waals surface area contributed by atoms with E-state index in [1.54, 1.807) is 26.2 Å². The van der Waals surface area contributed by atoms with Gasteiger partial charge in [0.05, 0.1) is 14.1 Å². The van der Waals surface area contributed by atoms with E-state index in [4.69, 9.17) is 0 Å². The van der Waals surface area contributed by atoms with Crippen molar-refractivity contribution in [3.63, 3.8) is 0 Å². The summed E-state index contributed by atoms with van der Waals surface area (Å²) in [6, 6.07) is 4.58. The van der Waals surface area contributed by atoms with Crippen molar-refractivity contribution in [3.05, 3.63) is 45.6 Å². The number of hydrogen-bond donors (Lipinski definition) is 3. The molecule has 0 atom stereocenters. The molecule has 22 heavy (non-hydrogen) atoms. The van der Waals surface area contributed by atoms with E-state index >= 15 is 0 Å². The van der Waals surface area contributed by atoms with Crippen molar-refractivity contribution in [2.24, 2.45) is 14.1 Å². The zero-order valence-electron chi connectivity index (χ0n) is 12.4. The maximum Gasteiger partial charge on any atom is 0.498 e. The Morgan fingerprint density at radius 3 is 2.41 bits per heavy atom. The fourth-order valence-electron chi connectivity index (χ4n) is 1.95. The number of aryl methyl sites for hydroxylation is 1. The van der Waals surface area contributed by atoms with Gasteiger partial charge >= 0.3 is 5.69 Å². The fraction of sp³-hybridized carbons (Fsp3) is 0.200. The van der Waals surface area contributed by atoms with E-state index < -0.39 is 11.5 Å². The van der Waals surface area contributed by atoms with Gasteiger partial charge in [-0.1, -0.05) is 0 Å². The van der Waals surface area contributed by atoms with Gasteiger partial charge in [-0.2, -0.15) is 13.9 Å². The average Bonchev–Trinajstić information content (AvgIpc) is 2.46. The highest BCUT2D eigenvalue weighted by molar-refractivity contribution is 5.73. The molecule has 7 heteroatoms. The van der Waals surface area contributed by atoms with E-state index in [2.05, 4.69) is 0 Å². The zero-order chi connectivity index (χ0) is 15.7. The first-order chi connectivity index (χ1) is 9.82. The lowest BCUT2D eigenvalue weighted by atomic mass is 10.1. The first-order valence-corrected chi connectivity index (χ1v) is 6.31. The fourth-order valence-corrected chi connectivity index (χ4v) is 1.95. The second-order valence-corrected chi connectivity index (χ2v) is 4.82. The molecule has 0 saturated heterocycles. The SMILES string of the molecule is Cc1cc(C=Cc2ccc(O)c(O)c2O)[n+](C)c(=O)n1C.[Cl-]. The van der Waals surface area contributed by atoms with Gasteiger partial charge in [0.2, 0.25) is 5.75 Å². The number of halogens is 1. The lowest BCUT2D eigenvalue weighted by molar-refractivity contribution is -0.692. The molecular weight excluding hydrogens is 308 g/mol. The lowest BCUT2D eigenvalue weighted by Gasteiger charge is -2.04. The summed E-state index contributed by atoms with van der Waals surface area (Å²) in [6.45, 7) is 1.82. The number of aromatic hydroxyl groups is 3. The molecule has 118 valence electrons. The molecule has 1 heterocycles. The van der Waals surface area contributed by atoms with Crippen LogP contribution in [0, 0.1) is 6.92 Å². The minimum Gasteiger partial charge on any atom is -1.00 e. The van der Waals surface area contributed by atoms with E-state index in [1.807, 2.05) is 13.0 Å². The summed E-state index contributed by atoms with van der Waals surface area (Å²) >= 11 is 0. The Bertz CT molecular complexity index is 797. The number of phenolic OH excluding ortho intramolecular Hbond substituents is 3. The summed E-state index contributed by atoms with van der Waals surface area (Å²) in [5.41, 5.74) is 1.63. The summed E-state index contributed by atoms with van der Waals surface area (Å²) in [7, 11) is 3.34. The van der Waals surface area contributed by atoms with Gasteiger partial charge in [0, 0.05) is 11.6 Å². The number of aromatic nitrogens is 2. The number of nitrogens with zero attached hydrogens (tertiary/aromatic N) is 2. The Morgan fingerprint density at radius 1 is 1.14 bits per heavy atom. The molecule has 2 aromatic rings. The highest BCUT2D eigenvalue weighted by atomic mass is 35.5. The molecule has 2 rings (SSSR count). The van der Waals surface area contributed by atoms with Gasteiger partial charge in [-0.25, -0.2) is 0 Å². The van der Waals surface area contributed by atoms with Crippen LogP contribution in [0.4, 0.5) is 0 Å². The Balaban J connectivity index is 0.00000242. The van der Waals surface area contributed by atoms with E-state index in [0.717, 1.165) is 5.69 Å². The molecule has 0 aliphatic rings. The van der Waals surface area contributed by atoms with Crippen LogP contribution in [0.15, 0.2) is 23.0 Å². The maximum atomic E-state index is 12.0. The topological polar surface area (TPSA) is 86.6 Å². The first-order valence-electron chi connectivity index (χ1n) is 6.31. The van der Waals surface area contributed by atoms with E-state index in [9.17, 15) is 20.1 Å². The highest BCUT2D eigenvalue weighted by Gasteiger charge is 2.12. The van der Waals surface area contributed by atoms with Gasteiger partial charge in [0.25, 0.3) is 0 Å². The summed E-state index contributed by atoms with van der Waals surface area (Å²) in [4.78, 5) is 12.0. The normalized spacial score (nSPS) is 10.7.